The zero-order chi connectivity index (χ0) is 24.2. The van der Waals surface area contributed by atoms with Crippen LogP contribution in [-0.2, 0) is 20.8 Å². The molecular formula is C26H26N4O4S. The van der Waals surface area contributed by atoms with Gasteiger partial charge < -0.3 is 24.1 Å². The molecule has 0 radical (unpaired) electrons. The summed E-state index contributed by atoms with van der Waals surface area (Å²) in [6.07, 6.45) is 4.01. The van der Waals surface area contributed by atoms with Crippen LogP contribution in [0.2, 0.25) is 0 Å². The lowest BCUT2D eigenvalue weighted by molar-refractivity contribution is -0.133. The number of hydrogen-bond donors (Lipinski definition) is 2. The van der Waals surface area contributed by atoms with E-state index in [0.717, 1.165) is 41.4 Å². The van der Waals surface area contributed by atoms with Gasteiger partial charge in [-0.25, -0.2) is 14.8 Å². The average molecular weight is 491 g/mol. The fourth-order valence-electron chi connectivity index (χ4n) is 4.21. The van der Waals surface area contributed by atoms with Gasteiger partial charge in [-0.15, -0.1) is 0 Å². The van der Waals surface area contributed by atoms with Gasteiger partial charge in [0.15, 0.2) is 5.16 Å². The quantitative estimate of drug-likeness (QED) is 0.158. The van der Waals surface area contributed by atoms with Gasteiger partial charge in [0.2, 0.25) is 0 Å². The Hall–Kier alpha value is -3.56. The molecule has 2 aromatic heterocycles. The zero-order valence-corrected chi connectivity index (χ0v) is 20.1. The minimum absolute atomic E-state index is 0.0108. The summed E-state index contributed by atoms with van der Waals surface area (Å²) in [4.78, 5) is 24.8. The van der Waals surface area contributed by atoms with Gasteiger partial charge in [-0.3, -0.25) is 0 Å². The standard InChI is InChI=1S/C26H26N4O4S/c1-33-25(32)23(24-28-19-11-5-6-12-20(19)29-24)22(31)16-35-26-27-14-21(17-8-3-2-4-9-17)30(26)15-18-10-7-13-34-18/h2-6,8-9,11-12,14,18,31H,7,10,13,15-16H2,1H3,(H,28,29)/b23-22+. The molecule has 35 heavy (non-hydrogen) atoms. The first-order chi connectivity index (χ1) is 17.1. The number of aromatic amines is 1. The molecule has 0 spiro atoms. The molecule has 9 heteroatoms. The van der Waals surface area contributed by atoms with Crippen molar-refractivity contribution >= 4 is 34.3 Å². The molecule has 0 saturated carbocycles. The Kier molecular flexibility index (Phi) is 6.87. The number of aliphatic hydroxyl groups excluding tert-OH is 1. The van der Waals surface area contributed by atoms with Gasteiger partial charge in [0.25, 0.3) is 0 Å². The molecule has 0 aliphatic carbocycles. The van der Waals surface area contributed by atoms with Gasteiger partial charge in [0.05, 0.1) is 48.4 Å². The van der Waals surface area contributed by atoms with Gasteiger partial charge >= 0.3 is 5.97 Å². The van der Waals surface area contributed by atoms with Gasteiger partial charge in [-0.1, -0.05) is 54.2 Å². The van der Waals surface area contributed by atoms with E-state index < -0.39 is 5.97 Å². The zero-order valence-electron chi connectivity index (χ0n) is 19.3. The number of H-pyrrole nitrogens is 1. The second kappa shape index (κ2) is 10.4. The third kappa shape index (κ3) is 4.96. The first-order valence-corrected chi connectivity index (χ1v) is 12.4. The van der Waals surface area contributed by atoms with Gasteiger partial charge in [-0.05, 0) is 30.5 Å². The van der Waals surface area contributed by atoms with Crippen LogP contribution in [0.5, 0.6) is 0 Å². The predicted octanol–water partition coefficient (Wildman–Crippen LogP) is 4.84. The van der Waals surface area contributed by atoms with E-state index in [-0.39, 0.29) is 29.0 Å². The lowest BCUT2D eigenvalue weighted by Crippen LogP contribution is -2.16. The minimum Gasteiger partial charge on any atom is -0.510 e. The number of esters is 1. The van der Waals surface area contributed by atoms with Crippen molar-refractivity contribution in [1.82, 2.24) is 19.5 Å². The number of para-hydroxylation sites is 2. The Bertz CT molecular complexity index is 1320. The lowest BCUT2D eigenvalue weighted by Gasteiger charge is -2.16. The molecule has 1 atom stereocenters. The van der Waals surface area contributed by atoms with E-state index in [4.69, 9.17) is 9.47 Å². The van der Waals surface area contributed by atoms with Gasteiger partial charge in [0.1, 0.15) is 17.2 Å². The van der Waals surface area contributed by atoms with Crippen LogP contribution >= 0.6 is 11.8 Å². The summed E-state index contributed by atoms with van der Waals surface area (Å²) in [6, 6.07) is 17.5. The normalized spacial score (nSPS) is 16.4. The van der Waals surface area contributed by atoms with E-state index in [0.29, 0.717) is 12.1 Å². The van der Waals surface area contributed by atoms with Crippen LogP contribution < -0.4 is 0 Å². The Balaban J connectivity index is 1.45. The van der Waals surface area contributed by atoms with E-state index in [9.17, 15) is 9.90 Å². The van der Waals surface area contributed by atoms with Crippen LogP contribution in [0.1, 0.15) is 18.7 Å². The monoisotopic (exact) mass is 490 g/mol. The van der Waals surface area contributed by atoms with Crippen LogP contribution in [-0.4, -0.2) is 56.2 Å². The molecule has 0 amide bonds. The van der Waals surface area contributed by atoms with Crippen LogP contribution in [0.3, 0.4) is 0 Å². The number of imidazole rings is 2. The van der Waals surface area contributed by atoms with Gasteiger partial charge in [0, 0.05) is 6.61 Å². The molecular weight excluding hydrogens is 464 g/mol. The van der Waals surface area contributed by atoms with E-state index >= 15 is 0 Å². The van der Waals surface area contributed by atoms with E-state index in [1.807, 2.05) is 60.8 Å². The number of methoxy groups -OCH3 is 1. The number of ether oxygens (including phenoxy) is 2. The minimum atomic E-state index is -0.658. The molecule has 0 bridgehead atoms. The molecule has 1 aliphatic rings. The molecule has 1 fully saturated rings. The number of nitrogens with one attached hydrogen (secondary N) is 1. The highest BCUT2D eigenvalue weighted by atomic mass is 32.2. The third-order valence-corrected chi connectivity index (χ3v) is 6.94. The van der Waals surface area contributed by atoms with E-state index in [1.165, 1.54) is 18.9 Å². The van der Waals surface area contributed by atoms with Crippen molar-refractivity contribution in [3.63, 3.8) is 0 Å². The molecule has 3 heterocycles. The number of carbonyl (C=O) groups excluding carboxylic acids is 1. The highest BCUT2D eigenvalue weighted by molar-refractivity contribution is 7.99. The second-order valence-corrected chi connectivity index (χ2v) is 9.18. The first-order valence-electron chi connectivity index (χ1n) is 11.4. The number of carbonyl (C=O) groups is 1. The Morgan fingerprint density at radius 2 is 2.03 bits per heavy atom. The topological polar surface area (TPSA) is 102 Å². The van der Waals surface area contributed by atoms with Gasteiger partial charge in [-0.2, -0.15) is 0 Å². The molecule has 2 N–H and O–H groups in total. The summed E-state index contributed by atoms with van der Waals surface area (Å²) in [7, 11) is 1.28. The second-order valence-electron chi connectivity index (χ2n) is 8.24. The summed E-state index contributed by atoms with van der Waals surface area (Å²) in [6.45, 7) is 1.44. The molecule has 1 unspecified atom stereocenters. The fraction of sp³-hybridized carbons (Fsp3) is 0.269. The Labute approximate surface area is 207 Å². The first kappa shape index (κ1) is 23.2. The number of rotatable bonds is 8. The maximum absolute atomic E-state index is 12.6. The predicted molar refractivity (Wildman–Crippen MR) is 135 cm³/mol. The van der Waals surface area contributed by atoms with Crippen molar-refractivity contribution in [1.29, 1.82) is 0 Å². The number of nitrogens with zero attached hydrogens (tertiary/aromatic N) is 3. The maximum atomic E-state index is 12.6. The number of fused-ring (bicyclic) bond motifs is 1. The van der Waals surface area contributed by atoms with Crippen LogP contribution in [0.15, 0.2) is 71.7 Å². The molecule has 2 aromatic carbocycles. The Morgan fingerprint density at radius 3 is 2.77 bits per heavy atom. The average Bonchev–Trinajstić information content (AvgIpc) is 3.64. The molecule has 1 aliphatic heterocycles. The van der Waals surface area contributed by atoms with Crippen molar-refractivity contribution in [3.05, 3.63) is 72.4 Å². The molecule has 5 rings (SSSR count). The molecule has 180 valence electrons. The summed E-state index contributed by atoms with van der Waals surface area (Å²) >= 11 is 1.35. The van der Waals surface area contributed by atoms with Crippen LogP contribution in [0, 0.1) is 0 Å². The SMILES string of the molecule is COC(=O)/C(=C(/O)CSc1ncc(-c2ccccc2)n1CC1CCCO1)c1nc2ccccc2[nH]1. The number of thioether (sulfide) groups is 1. The smallest absolute Gasteiger partial charge is 0.345 e. The van der Waals surface area contributed by atoms with Crippen LogP contribution in [0.25, 0.3) is 27.9 Å². The number of hydrogen-bond acceptors (Lipinski definition) is 7. The van der Waals surface area contributed by atoms with Crippen molar-refractivity contribution in [2.45, 2.75) is 30.6 Å². The van der Waals surface area contributed by atoms with Crippen molar-refractivity contribution in [3.8, 4) is 11.3 Å². The maximum Gasteiger partial charge on any atom is 0.345 e. The fourth-order valence-corrected chi connectivity index (χ4v) is 5.08. The summed E-state index contributed by atoms with van der Waals surface area (Å²) < 4.78 is 13.0. The Morgan fingerprint density at radius 1 is 1.23 bits per heavy atom. The number of benzene rings is 2. The number of aliphatic hydroxyl groups is 1. The molecule has 8 nitrogen and oxygen atoms in total. The van der Waals surface area contributed by atoms with Crippen molar-refractivity contribution in [2.75, 3.05) is 19.5 Å². The number of aromatic nitrogens is 4. The molecule has 1 saturated heterocycles. The van der Waals surface area contributed by atoms with E-state index in [1.54, 1.807) is 0 Å². The summed E-state index contributed by atoms with van der Waals surface area (Å²) in [5.41, 5.74) is 3.52. The lowest BCUT2D eigenvalue weighted by atomic mass is 10.1. The van der Waals surface area contributed by atoms with Crippen molar-refractivity contribution < 1.29 is 19.4 Å². The summed E-state index contributed by atoms with van der Waals surface area (Å²) in [5.74, 6) is -0.398. The highest BCUT2D eigenvalue weighted by Crippen LogP contribution is 2.30. The van der Waals surface area contributed by atoms with Crippen LogP contribution in [0.4, 0.5) is 0 Å². The van der Waals surface area contributed by atoms with Crippen molar-refractivity contribution in [2.24, 2.45) is 0 Å². The summed E-state index contributed by atoms with van der Waals surface area (Å²) in [5, 5.41) is 11.7. The highest BCUT2D eigenvalue weighted by Gasteiger charge is 2.24. The van der Waals surface area contributed by atoms with E-state index in [2.05, 4.69) is 19.5 Å². The largest absolute Gasteiger partial charge is 0.510 e. The molecule has 4 aromatic rings. The third-order valence-electron chi connectivity index (χ3n) is 5.94.